The van der Waals surface area contributed by atoms with Crippen molar-refractivity contribution in [3.05, 3.63) is 57.2 Å². The van der Waals surface area contributed by atoms with Gasteiger partial charge in [-0.15, -0.1) is 11.3 Å². The van der Waals surface area contributed by atoms with Gasteiger partial charge in [0.25, 0.3) is 0 Å². The van der Waals surface area contributed by atoms with Crippen LogP contribution in [0.3, 0.4) is 0 Å². The van der Waals surface area contributed by atoms with E-state index in [-0.39, 0.29) is 5.43 Å². The first-order chi connectivity index (χ1) is 8.75. The van der Waals surface area contributed by atoms with Crippen molar-refractivity contribution < 1.29 is 0 Å². The molecule has 0 bridgehead atoms. The highest BCUT2D eigenvalue weighted by atomic mass is 79.9. The van der Waals surface area contributed by atoms with E-state index in [1.165, 1.54) is 0 Å². The Bertz CT molecular complexity index is 746. The minimum Gasteiger partial charge on any atom is -0.289 e. The monoisotopic (exact) mass is 320 g/mol. The van der Waals surface area contributed by atoms with Crippen molar-refractivity contribution in [1.29, 1.82) is 0 Å². The smallest absolute Gasteiger partial charge is 0.195 e. The first-order valence-electron chi connectivity index (χ1n) is 5.87. The van der Waals surface area contributed by atoms with E-state index in [1.807, 2.05) is 56.3 Å². The van der Waals surface area contributed by atoms with Gasteiger partial charge in [-0.3, -0.25) is 4.79 Å². The fourth-order valence-corrected chi connectivity index (χ4v) is 3.40. The Morgan fingerprint density at radius 3 is 2.39 bits per heavy atom. The molecular formula is C15H13BrOS. The lowest BCUT2D eigenvalue weighted by molar-refractivity contribution is 1.50. The molecule has 0 spiro atoms. The summed E-state index contributed by atoms with van der Waals surface area (Å²) in [7, 11) is 0. The number of hydrogen-bond acceptors (Lipinski definition) is 2. The van der Waals surface area contributed by atoms with E-state index in [0.29, 0.717) is 0 Å². The maximum atomic E-state index is 12.2. The van der Waals surface area contributed by atoms with E-state index in [2.05, 4.69) is 15.9 Å². The van der Waals surface area contributed by atoms with Crippen molar-refractivity contribution in [3.8, 4) is 0 Å². The number of halogens is 1. The predicted molar refractivity (Wildman–Crippen MR) is 84.6 cm³/mol. The zero-order valence-electron chi connectivity index (χ0n) is 10.2. The van der Waals surface area contributed by atoms with Gasteiger partial charge in [0, 0.05) is 24.6 Å². The summed E-state index contributed by atoms with van der Waals surface area (Å²) in [5.41, 5.74) is 0.122. The summed E-state index contributed by atoms with van der Waals surface area (Å²) in [4.78, 5) is 12.2. The van der Waals surface area contributed by atoms with Crippen LogP contribution in [0.4, 0.5) is 0 Å². The molecule has 92 valence electrons. The van der Waals surface area contributed by atoms with Gasteiger partial charge in [-0.05, 0) is 30.3 Å². The average molecular weight is 321 g/mol. The Morgan fingerprint density at radius 1 is 0.944 bits per heavy atom. The highest BCUT2D eigenvalue weighted by Crippen LogP contribution is 2.26. The third-order valence-corrected chi connectivity index (χ3v) is 4.17. The molecule has 0 saturated carbocycles. The molecule has 0 unspecified atom stereocenters. The van der Waals surface area contributed by atoms with Gasteiger partial charge in [-0.25, -0.2) is 0 Å². The first-order valence-corrected chi connectivity index (χ1v) is 7.48. The van der Waals surface area contributed by atoms with Crippen LogP contribution in [0.15, 0.2) is 51.7 Å². The first kappa shape index (κ1) is 13.2. The molecule has 0 amide bonds. The van der Waals surface area contributed by atoms with Crippen LogP contribution in [0.1, 0.15) is 13.8 Å². The van der Waals surface area contributed by atoms with Crippen LogP contribution in [0.2, 0.25) is 0 Å². The van der Waals surface area contributed by atoms with E-state index in [0.717, 1.165) is 24.6 Å². The molecule has 1 aromatic heterocycles. The largest absolute Gasteiger partial charge is 0.289 e. The van der Waals surface area contributed by atoms with E-state index in [9.17, 15) is 4.79 Å². The Balaban J connectivity index is 0.000000574. The van der Waals surface area contributed by atoms with E-state index < -0.39 is 0 Å². The van der Waals surface area contributed by atoms with Crippen molar-refractivity contribution in [2.75, 3.05) is 0 Å². The topological polar surface area (TPSA) is 17.1 Å². The van der Waals surface area contributed by atoms with Crippen molar-refractivity contribution >= 4 is 47.4 Å². The van der Waals surface area contributed by atoms with Crippen LogP contribution in [-0.4, -0.2) is 0 Å². The quantitative estimate of drug-likeness (QED) is 0.520. The lowest BCUT2D eigenvalue weighted by atomic mass is 10.2. The normalized spacial score (nSPS) is 10.2. The molecule has 0 saturated heterocycles. The van der Waals surface area contributed by atoms with E-state index in [1.54, 1.807) is 11.3 Å². The molecule has 0 fully saturated rings. The predicted octanol–water partition coefficient (Wildman–Crippen LogP) is 5.20. The van der Waals surface area contributed by atoms with Gasteiger partial charge in [0.05, 0.1) is 0 Å². The van der Waals surface area contributed by atoms with Gasteiger partial charge in [-0.1, -0.05) is 41.9 Å². The standard InChI is InChI=1S/C13H7BrOS.C2H6/c14-8-5-6-10-12(7-8)16-11-4-2-1-3-9(11)13(10)15;1-2/h1-7H;1-2H3. The minimum absolute atomic E-state index is 0.122. The summed E-state index contributed by atoms with van der Waals surface area (Å²) in [5, 5.41) is 1.61. The Hall–Kier alpha value is -1.19. The molecule has 3 aromatic rings. The molecule has 0 radical (unpaired) electrons. The zero-order valence-corrected chi connectivity index (χ0v) is 12.6. The van der Waals surface area contributed by atoms with Crippen LogP contribution in [0, 0.1) is 0 Å². The Kier molecular flexibility index (Phi) is 4.15. The maximum Gasteiger partial charge on any atom is 0.195 e. The van der Waals surface area contributed by atoms with Crippen LogP contribution < -0.4 is 5.43 Å². The van der Waals surface area contributed by atoms with Crippen molar-refractivity contribution in [2.24, 2.45) is 0 Å². The van der Waals surface area contributed by atoms with Crippen LogP contribution in [-0.2, 0) is 0 Å². The molecule has 2 aromatic carbocycles. The molecule has 0 N–H and O–H groups in total. The summed E-state index contributed by atoms with van der Waals surface area (Å²) in [5.74, 6) is 0. The highest BCUT2D eigenvalue weighted by Gasteiger charge is 2.05. The molecule has 0 aliphatic rings. The number of benzene rings is 2. The molecule has 1 heterocycles. The molecule has 1 nitrogen and oxygen atoms in total. The van der Waals surface area contributed by atoms with E-state index in [4.69, 9.17) is 0 Å². The fraction of sp³-hybridized carbons (Fsp3) is 0.133. The summed E-state index contributed by atoms with van der Waals surface area (Å²) < 4.78 is 3.07. The molecular weight excluding hydrogens is 308 g/mol. The molecule has 18 heavy (non-hydrogen) atoms. The summed E-state index contributed by atoms with van der Waals surface area (Å²) in [6, 6.07) is 13.5. The second kappa shape index (κ2) is 5.63. The fourth-order valence-electron chi connectivity index (χ4n) is 1.77. The second-order valence-corrected chi connectivity index (χ2v) is 5.57. The Morgan fingerprint density at radius 2 is 1.61 bits per heavy atom. The van der Waals surface area contributed by atoms with Crippen LogP contribution in [0.25, 0.3) is 20.2 Å². The lowest BCUT2D eigenvalue weighted by Gasteiger charge is -2.00. The summed E-state index contributed by atoms with van der Waals surface area (Å²) >= 11 is 5.08. The zero-order chi connectivity index (χ0) is 13.1. The van der Waals surface area contributed by atoms with Gasteiger partial charge in [-0.2, -0.15) is 0 Å². The van der Waals surface area contributed by atoms with Gasteiger partial charge in [0.15, 0.2) is 5.43 Å². The van der Waals surface area contributed by atoms with Crippen LogP contribution in [0.5, 0.6) is 0 Å². The number of fused-ring (bicyclic) bond motifs is 2. The van der Waals surface area contributed by atoms with Crippen molar-refractivity contribution in [2.45, 2.75) is 13.8 Å². The van der Waals surface area contributed by atoms with E-state index >= 15 is 0 Å². The molecule has 3 heteroatoms. The third-order valence-electron chi connectivity index (χ3n) is 2.54. The van der Waals surface area contributed by atoms with Gasteiger partial charge < -0.3 is 0 Å². The Labute approximate surface area is 118 Å². The molecule has 0 aliphatic heterocycles. The lowest BCUT2D eigenvalue weighted by Crippen LogP contribution is -2.00. The SMILES string of the molecule is CC.O=c1c2ccccc2sc2cc(Br)ccc12. The molecule has 3 rings (SSSR count). The summed E-state index contributed by atoms with van der Waals surface area (Å²) in [6.45, 7) is 4.00. The second-order valence-electron chi connectivity index (χ2n) is 3.57. The molecule has 0 aliphatic carbocycles. The maximum absolute atomic E-state index is 12.2. The van der Waals surface area contributed by atoms with Crippen molar-refractivity contribution in [3.63, 3.8) is 0 Å². The van der Waals surface area contributed by atoms with Gasteiger partial charge >= 0.3 is 0 Å². The average Bonchev–Trinajstić information content (AvgIpc) is 2.41. The minimum atomic E-state index is 0.122. The third kappa shape index (κ3) is 2.33. The summed E-state index contributed by atoms with van der Waals surface area (Å²) in [6.07, 6.45) is 0. The van der Waals surface area contributed by atoms with Crippen LogP contribution >= 0.6 is 27.3 Å². The number of rotatable bonds is 0. The number of hydrogen-bond donors (Lipinski definition) is 0. The highest BCUT2D eigenvalue weighted by molar-refractivity contribution is 9.10. The van der Waals surface area contributed by atoms with Crippen molar-refractivity contribution in [1.82, 2.24) is 0 Å². The van der Waals surface area contributed by atoms with Gasteiger partial charge in [0.2, 0.25) is 0 Å². The molecule has 0 atom stereocenters. The van der Waals surface area contributed by atoms with Gasteiger partial charge in [0.1, 0.15) is 0 Å².